The maximum atomic E-state index is 10.2. The fourth-order valence-corrected chi connectivity index (χ4v) is 0.402. The van der Waals surface area contributed by atoms with E-state index in [1.54, 1.807) is 6.92 Å². The Morgan fingerprint density at radius 2 is 2.40 bits per heavy atom. The van der Waals surface area contributed by atoms with E-state index in [0.29, 0.717) is 6.42 Å². The van der Waals surface area contributed by atoms with Crippen molar-refractivity contribution in [3.63, 3.8) is 0 Å². The molecule has 0 bridgehead atoms. The number of nitrogens with zero attached hydrogens (tertiary/aromatic N) is 1. The average molecular weight is 141 g/mol. The Bertz CT molecular complexity index is 201. The third-order valence-electron chi connectivity index (χ3n) is 0.929. The van der Waals surface area contributed by atoms with Crippen molar-refractivity contribution in [2.45, 2.75) is 13.3 Å². The largest absolute Gasteiger partial charge is 0.478 e. The van der Waals surface area contributed by atoms with Gasteiger partial charge in [-0.25, -0.2) is 9.59 Å². The van der Waals surface area contributed by atoms with Gasteiger partial charge in [-0.3, -0.25) is 0 Å². The molecule has 0 radical (unpaired) electrons. The molecule has 0 unspecified atom stereocenters. The van der Waals surface area contributed by atoms with Crippen molar-refractivity contribution >= 4 is 12.0 Å². The van der Waals surface area contributed by atoms with Gasteiger partial charge in [0, 0.05) is 0 Å². The van der Waals surface area contributed by atoms with E-state index in [2.05, 4.69) is 4.99 Å². The molecule has 0 aromatic rings. The second-order valence-electron chi connectivity index (χ2n) is 1.53. The van der Waals surface area contributed by atoms with Gasteiger partial charge in [0.15, 0.2) is 0 Å². The van der Waals surface area contributed by atoms with Crippen molar-refractivity contribution in [1.29, 1.82) is 0 Å². The summed E-state index contributed by atoms with van der Waals surface area (Å²) in [6.07, 6.45) is 2.57. The molecule has 0 spiro atoms. The molecule has 0 fully saturated rings. The van der Waals surface area contributed by atoms with E-state index in [1.807, 2.05) is 0 Å². The highest BCUT2D eigenvalue weighted by atomic mass is 16.4. The van der Waals surface area contributed by atoms with Gasteiger partial charge in [0.25, 0.3) is 0 Å². The van der Waals surface area contributed by atoms with Gasteiger partial charge in [-0.2, -0.15) is 4.99 Å². The van der Waals surface area contributed by atoms with Crippen LogP contribution in [0.15, 0.2) is 16.8 Å². The molecule has 1 N–H and O–H groups in total. The van der Waals surface area contributed by atoms with Crippen LogP contribution in [0.5, 0.6) is 0 Å². The van der Waals surface area contributed by atoms with E-state index in [1.165, 1.54) is 6.08 Å². The SMILES string of the molecule is CCC(=CN=C=O)C(=O)O. The lowest BCUT2D eigenvalue weighted by Crippen LogP contribution is -1.97. The van der Waals surface area contributed by atoms with Crippen LogP contribution < -0.4 is 0 Å². The standard InChI is InChI=1S/C6H7NO3/c1-2-5(6(9)10)3-7-4-8/h3H,2H2,1H3,(H,9,10). The van der Waals surface area contributed by atoms with E-state index in [9.17, 15) is 9.59 Å². The Kier molecular flexibility index (Phi) is 3.84. The summed E-state index contributed by atoms with van der Waals surface area (Å²) in [7, 11) is 0. The molecule has 0 aliphatic rings. The van der Waals surface area contributed by atoms with Gasteiger partial charge in [-0.15, -0.1) is 0 Å². The average Bonchev–Trinajstić information content (AvgIpc) is 1.89. The van der Waals surface area contributed by atoms with Gasteiger partial charge in [0.2, 0.25) is 6.08 Å². The zero-order valence-electron chi connectivity index (χ0n) is 5.50. The molecule has 0 aromatic heterocycles. The number of aliphatic imine (C=N–C) groups is 1. The zero-order valence-corrected chi connectivity index (χ0v) is 5.50. The minimum absolute atomic E-state index is 0.100. The topological polar surface area (TPSA) is 66.7 Å². The second-order valence-corrected chi connectivity index (χ2v) is 1.53. The van der Waals surface area contributed by atoms with Gasteiger partial charge >= 0.3 is 5.97 Å². The summed E-state index contributed by atoms with van der Waals surface area (Å²) in [6.45, 7) is 1.67. The van der Waals surface area contributed by atoms with Crippen molar-refractivity contribution in [2.24, 2.45) is 4.99 Å². The molecule has 10 heavy (non-hydrogen) atoms. The fraction of sp³-hybridized carbons (Fsp3) is 0.333. The van der Waals surface area contributed by atoms with E-state index in [4.69, 9.17) is 5.11 Å². The first-order valence-electron chi connectivity index (χ1n) is 2.71. The van der Waals surface area contributed by atoms with Crippen LogP contribution in [0, 0.1) is 0 Å². The normalized spacial score (nSPS) is 10.3. The minimum Gasteiger partial charge on any atom is -0.478 e. The maximum absolute atomic E-state index is 10.2. The number of carboxylic acids is 1. The smallest absolute Gasteiger partial charge is 0.333 e. The van der Waals surface area contributed by atoms with Gasteiger partial charge in [0.1, 0.15) is 0 Å². The lowest BCUT2D eigenvalue weighted by atomic mass is 10.2. The van der Waals surface area contributed by atoms with E-state index >= 15 is 0 Å². The Hall–Kier alpha value is -1.41. The molecular weight excluding hydrogens is 134 g/mol. The third kappa shape index (κ3) is 2.79. The molecule has 4 heteroatoms. The molecule has 0 amide bonds. The fourth-order valence-electron chi connectivity index (χ4n) is 0.402. The Labute approximate surface area is 57.9 Å². The number of carboxylic acid groups (broad SMARTS) is 1. The van der Waals surface area contributed by atoms with Crippen molar-refractivity contribution in [3.05, 3.63) is 11.8 Å². The summed E-state index contributed by atoms with van der Waals surface area (Å²) in [5, 5.41) is 8.34. The van der Waals surface area contributed by atoms with Gasteiger partial charge in [-0.05, 0) is 6.42 Å². The monoisotopic (exact) mass is 141 g/mol. The van der Waals surface area contributed by atoms with Crippen LogP contribution in [0.3, 0.4) is 0 Å². The highest BCUT2D eigenvalue weighted by Gasteiger charge is 2.01. The zero-order chi connectivity index (χ0) is 7.98. The molecule has 0 aliphatic carbocycles. The number of carbonyl (C=O) groups excluding carboxylic acids is 1. The van der Waals surface area contributed by atoms with Crippen molar-refractivity contribution in [1.82, 2.24) is 0 Å². The van der Waals surface area contributed by atoms with Gasteiger partial charge in [-0.1, -0.05) is 6.92 Å². The molecule has 0 saturated heterocycles. The van der Waals surface area contributed by atoms with Crippen molar-refractivity contribution in [2.75, 3.05) is 0 Å². The molecule has 0 atom stereocenters. The first kappa shape index (κ1) is 8.59. The van der Waals surface area contributed by atoms with E-state index < -0.39 is 5.97 Å². The summed E-state index contributed by atoms with van der Waals surface area (Å²) in [4.78, 5) is 22.7. The van der Waals surface area contributed by atoms with Gasteiger partial charge in [0.05, 0.1) is 11.8 Å². The number of rotatable bonds is 3. The second kappa shape index (κ2) is 4.47. The first-order valence-corrected chi connectivity index (χ1v) is 2.71. The third-order valence-corrected chi connectivity index (χ3v) is 0.929. The summed E-state index contributed by atoms with van der Waals surface area (Å²) >= 11 is 0. The molecule has 4 nitrogen and oxygen atoms in total. The Morgan fingerprint density at radius 1 is 1.80 bits per heavy atom. The molecule has 0 rings (SSSR count). The minimum atomic E-state index is -1.05. The number of hydrogen-bond donors (Lipinski definition) is 1. The predicted octanol–water partition coefficient (Wildman–Crippen LogP) is 0.701. The van der Waals surface area contributed by atoms with Crippen LogP contribution in [0.1, 0.15) is 13.3 Å². The van der Waals surface area contributed by atoms with Crippen LogP contribution in [0.2, 0.25) is 0 Å². The highest BCUT2D eigenvalue weighted by molar-refractivity contribution is 5.86. The van der Waals surface area contributed by atoms with Crippen LogP contribution >= 0.6 is 0 Å². The number of carbonyl (C=O) groups is 1. The molecule has 0 aromatic carbocycles. The van der Waals surface area contributed by atoms with E-state index in [0.717, 1.165) is 6.20 Å². The van der Waals surface area contributed by atoms with Gasteiger partial charge < -0.3 is 5.11 Å². The van der Waals surface area contributed by atoms with Crippen molar-refractivity contribution in [3.8, 4) is 0 Å². The lowest BCUT2D eigenvalue weighted by molar-refractivity contribution is -0.132. The summed E-state index contributed by atoms with van der Waals surface area (Å²) in [6, 6.07) is 0. The molecule has 0 saturated carbocycles. The maximum Gasteiger partial charge on any atom is 0.333 e. The summed E-state index contributed by atoms with van der Waals surface area (Å²) < 4.78 is 0. The van der Waals surface area contributed by atoms with Crippen LogP contribution in [-0.2, 0) is 9.59 Å². The number of aliphatic carboxylic acids is 1. The van der Waals surface area contributed by atoms with Crippen LogP contribution in [0.4, 0.5) is 0 Å². The highest BCUT2D eigenvalue weighted by Crippen LogP contribution is 1.99. The lowest BCUT2D eigenvalue weighted by Gasteiger charge is -1.90. The van der Waals surface area contributed by atoms with Crippen LogP contribution in [0.25, 0.3) is 0 Å². The van der Waals surface area contributed by atoms with Crippen molar-refractivity contribution < 1.29 is 14.7 Å². The van der Waals surface area contributed by atoms with Crippen LogP contribution in [-0.4, -0.2) is 17.2 Å². The predicted molar refractivity (Wildman–Crippen MR) is 34.1 cm³/mol. The Balaban J connectivity index is 4.32. The molecule has 54 valence electrons. The molecule has 0 aliphatic heterocycles. The number of isocyanates is 1. The first-order chi connectivity index (χ1) is 4.72. The number of hydrogen-bond acceptors (Lipinski definition) is 3. The summed E-state index contributed by atoms with van der Waals surface area (Å²) in [5.41, 5.74) is 0.100. The quantitative estimate of drug-likeness (QED) is 0.357. The Morgan fingerprint density at radius 3 is 2.70 bits per heavy atom. The summed E-state index contributed by atoms with van der Waals surface area (Å²) in [5.74, 6) is -1.05. The molecular formula is C6H7NO3. The van der Waals surface area contributed by atoms with E-state index in [-0.39, 0.29) is 5.57 Å². The molecule has 0 heterocycles.